The second kappa shape index (κ2) is 8.08. The summed E-state index contributed by atoms with van der Waals surface area (Å²) in [6.45, 7) is 0.464. The molecule has 1 heterocycles. The SMILES string of the molecule is COCCNS(=O)(=O)Nc1ncc(C#CCCO)s1. The molecule has 0 aliphatic heterocycles. The molecular weight excluding hydrogens is 290 g/mol. The third kappa shape index (κ3) is 6.51. The quantitative estimate of drug-likeness (QED) is 0.477. The van der Waals surface area contributed by atoms with Gasteiger partial charge in [0.1, 0.15) is 0 Å². The van der Waals surface area contributed by atoms with Crippen LogP contribution in [0, 0.1) is 11.8 Å². The van der Waals surface area contributed by atoms with Crippen LogP contribution in [0.2, 0.25) is 0 Å². The first-order valence-electron chi connectivity index (χ1n) is 5.39. The van der Waals surface area contributed by atoms with Crippen LogP contribution < -0.4 is 9.44 Å². The first-order valence-corrected chi connectivity index (χ1v) is 7.69. The Morgan fingerprint density at radius 2 is 2.37 bits per heavy atom. The summed E-state index contributed by atoms with van der Waals surface area (Å²) < 4.78 is 32.5. The first kappa shape index (κ1) is 15.9. The van der Waals surface area contributed by atoms with Gasteiger partial charge in [0.15, 0.2) is 5.13 Å². The Morgan fingerprint density at radius 3 is 3.05 bits per heavy atom. The molecule has 0 aromatic carbocycles. The molecule has 1 rings (SSSR count). The second-order valence-corrected chi connectivity index (χ2v) is 5.83. The van der Waals surface area contributed by atoms with E-state index in [0.29, 0.717) is 11.3 Å². The Labute approximate surface area is 116 Å². The molecule has 0 aliphatic carbocycles. The molecule has 0 saturated carbocycles. The molecule has 0 amide bonds. The van der Waals surface area contributed by atoms with Gasteiger partial charge in [-0.05, 0) is 0 Å². The minimum Gasteiger partial charge on any atom is -0.395 e. The molecule has 0 fully saturated rings. The minimum atomic E-state index is -3.64. The average Bonchev–Trinajstić information content (AvgIpc) is 2.76. The van der Waals surface area contributed by atoms with Gasteiger partial charge in [0.05, 0.1) is 24.3 Å². The minimum absolute atomic E-state index is 0.00525. The van der Waals surface area contributed by atoms with Crippen molar-refractivity contribution in [2.75, 3.05) is 31.6 Å². The lowest BCUT2D eigenvalue weighted by molar-refractivity contribution is 0.204. The first-order chi connectivity index (χ1) is 9.07. The zero-order chi connectivity index (χ0) is 14.1. The van der Waals surface area contributed by atoms with Gasteiger partial charge in [-0.25, -0.2) is 9.71 Å². The predicted molar refractivity (Wildman–Crippen MR) is 73.1 cm³/mol. The number of anilines is 1. The number of hydrogen-bond donors (Lipinski definition) is 3. The van der Waals surface area contributed by atoms with Crippen LogP contribution in [0.4, 0.5) is 5.13 Å². The van der Waals surface area contributed by atoms with Crippen molar-refractivity contribution in [3.8, 4) is 11.8 Å². The summed E-state index contributed by atoms with van der Waals surface area (Å²) in [5.74, 6) is 5.51. The standard InChI is InChI=1S/C10H15N3O4S2/c1-17-7-5-12-19(15,16)13-10-11-8-9(18-10)4-2-3-6-14/h8,12,14H,3,5-7H2,1H3,(H,11,13). The number of thiazole rings is 1. The van der Waals surface area contributed by atoms with Crippen molar-refractivity contribution in [3.63, 3.8) is 0 Å². The summed E-state index contributed by atoms with van der Waals surface area (Å²) in [6, 6.07) is 0. The third-order valence-corrected chi connectivity index (χ3v) is 3.78. The van der Waals surface area contributed by atoms with Crippen LogP contribution in [-0.2, 0) is 14.9 Å². The topological polar surface area (TPSA) is 101 Å². The van der Waals surface area contributed by atoms with Gasteiger partial charge in [-0.1, -0.05) is 23.2 Å². The third-order valence-electron chi connectivity index (χ3n) is 1.77. The summed E-state index contributed by atoms with van der Waals surface area (Å²) in [5.41, 5.74) is 0. The fourth-order valence-electron chi connectivity index (χ4n) is 1.01. The number of aliphatic hydroxyl groups is 1. The lowest BCUT2D eigenvalue weighted by Crippen LogP contribution is -2.32. The molecule has 7 nitrogen and oxygen atoms in total. The molecule has 0 spiro atoms. The molecule has 9 heteroatoms. The maximum absolute atomic E-state index is 11.6. The van der Waals surface area contributed by atoms with Gasteiger partial charge in [-0.2, -0.15) is 13.1 Å². The summed E-state index contributed by atoms with van der Waals surface area (Å²) in [4.78, 5) is 4.53. The van der Waals surface area contributed by atoms with Gasteiger partial charge in [-0.15, -0.1) is 0 Å². The van der Waals surface area contributed by atoms with Crippen LogP contribution in [0.5, 0.6) is 0 Å². The largest absolute Gasteiger partial charge is 0.395 e. The molecule has 1 aromatic heterocycles. The van der Waals surface area contributed by atoms with Crippen LogP contribution in [0.1, 0.15) is 11.3 Å². The summed E-state index contributed by atoms with van der Waals surface area (Å²) >= 11 is 1.12. The monoisotopic (exact) mass is 305 g/mol. The van der Waals surface area contributed by atoms with E-state index in [-0.39, 0.29) is 24.9 Å². The number of rotatable bonds is 7. The Kier molecular flexibility index (Phi) is 6.75. The van der Waals surface area contributed by atoms with Crippen molar-refractivity contribution in [2.45, 2.75) is 6.42 Å². The molecule has 3 N–H and O–H groups in total. The highest BCUT2D eigenvalue weighted by Gasteiger charge is 2.11. The van der Waals surface area contributed by atoms with Crippen molar-refractivity contribution < 1.29 is 18.3 Å². The Hall–Kier alpha value is -1.18. The van der Waals surface area contributed by atoms with Gasteiger partial charge in [-0.3, -0.25) is 0 Å². The summed E-state index contributed by atoms with van der Waals surface area (Å²) in [5, 5.41) is 8.81. The molecule has 1 aromatic rings. The van der Waals surface area contributed by atoms with E-state index in [1.54, 1.807) is 0 Å². The number of nitrogens with one attached hydrogen (secondary N) is 2. The maximum atomic E-state index is 11.6. The van der Waals surface area contributed by atoms with Gasteiger partial charge in [0.25, 0.3) is 0 Å². The zero-order valence-electron chi connectivity index (χ0n) is 10.3. The number of ether oxygens (including phenoxy) is 1. The van der Waals surface area contributed by atoms with Crippen molar-refractivity contribution >= 4 is 26.7 Å². The van der Waals surface area contributed by atoms with E-state index in [4.69, 9.17) is 9.84 Å². The van der Waals surface area contributed by atoms with Crippen LogP contribution in [0.3, 0.4) is 0 Å². The van der Waals surface area contributed by atoms with E-state index >= 15 is 0 Å². The molecule has 106 valence electrons. The molecule has 19 heavy (non-hydrogen) atoms. The van der Waals surface area contributed by atoms with E-state index in [1.165, 1.54) is 13.3 Å². The van der Waals surface area contributed by atoms with Crippen molar-refractivity contribution in [3.05, 3.63) is 11.1 Å². The fourth-order valence-corrected chi connectivity index (χ4v) is 2.76. The number of hydrogen-bond acceptors (Lipinski definition) is 6. The van der Waals surface area contributed by atoms with E-state index in [0.717, 1.165) is 11.3 Å². The zero-order valence-corrected chi connectivity index (χ0v) is 12.0. The van der Waals surface area contributed by atoms with Crippen molar-refractivity contribution in [1.82, 2.24) is 9.71 Å². The molecule has 0 bridgehead atoms. The second-order valence-electron chi connectivity index (χ2n) is 3.30. The average molecular weight is 305 g/mol. The highest BCUT2D eigenvalue weighted by molar-refractivity contribution is 7.91. The fraction of sp³-hybridized carbons (Fsp3) is 0.500. The van der Waals surface area contributed by atoms with Gasteiger partial charge in [0.2, 0.25) is 0 Å². The number of aromatic nitrogens is 1. The van der Waals surface area contributed by atoms with E-state index < -0.39 is 10.2 Å². The molecule has 0 saturated heterocycles. The molecule has 0 unspecified atom stereocenters. The van der Waals surface area contributed by atoms with Crippen LogP contribution in [0.25, 0.3) is 0 Å². The summed E-state index contributed by atoms with van der Waals surface area (Å²) in [6.07, 6.45) is 1.85. The van der Waals surface area contributed by atoms with E-state index in [9.17, 15) is 8.42 Å². The molecule has 0 aliphatic rings. The summed E-state index contributed by atoms with van der Waals surface area (Å²) in [7, 11) is -2.15. The normalized spacial score (nSPS) is 10.8. The van der Waals surface area contributed by atoms with Crippen molar-refractivity contribution in [1.29, 1.82) is 0 Å². The van der Waals surface area contributed by atoms with E-state index in [1.807, 2.05) is 0 Å². The predicted octanol–water partition coefficient (Wildman–Crippen LogP) is -0.230. The van der Waals surface area contributed by atoms with Crippen LogP contribution >= 0.6 is 11.3 Å². The maximum Gasteiger partial charge on any atom is 0.300 e. The highest BCUT2D eigenvalue weighted by Crippen LogP contribution is 2.17. The smallest absolute Gasteiger partial charge is 0.300 e. The lowest BCUT2D eigenvalue weighted by atomic mass is 10.4. The van der Waals surface area contributed by atoms with Crippen LogP contribution in [0.15, 0.2) is 6.20 Å². The Bertz CT molecular complexity index is 545. The number of methoxy groups -OCH3 is 1. The number of nitrogens with zero attached hydrogens (tertiary/aromatic N) is 1. The van der Waals surface area contributed by atoms with Gasteiger partial charge < -0.3 is 9.84 Å². The lowest BCUT2D eigenvalue weighted by Gasteiger charge is -2.05. The highest BCUT2D eigenvalue weighted by atomic mass is 32.2. The van der Waals surface area contributed by atoms with Crippen molar-refractivity contribution in [2.24, 2.45) is 0 Å². The van der Waals surface area contributed by atoms with E-state index in [2.05, 4.69) is 26.3 Å². The molecule has 0 radical (unpaired) electrons. The van der Waals surface area contributed by atoms with Gasteiger partial charge in [0, 0.05) is 20.1 Å². The molecule has 0 atom stereocenters. The Balaban J connectivity index is 2.56. The van der Waals surface area contributed by atoms with Gasteiger partial charge >= 0.3 is 10.2 Å². The number of aliphatic hydroxyl groups excluding tert-OH is 1. The Morgan fingerprint density at radius 1 is 1.58 bits per heavy atom. The van der Waals surface area contributed by atoms with Crippen LogP contribution in [-0.4, -0.2) is 45.4 Å². The molecular formula is C10H15N3O4S2.